The van der Waals surface area contributed by atoms with E-state index in [1.54, 1.807) is 43.1 Å². The van der Waals surface area contributed by atoms with Crippen LogP contribution in [0.1, 0.15) is 73.5 Å². The van der Waals surface area contributed by atoms with Crippen molar-refractivity contribution in [3.8, 4) is 0 Å². The van der Waals surface area contributed by atoms with Crippen molar-refractivity contribution in [2.24, 2.45) is 11.8 Å². The van der Waals surface area contributed by atoms with Gasteiger partial charge in [0.05, 0.1) is 24.9 Å². The Morgan fingerprint density at radius 1 is 1.11 bits per heavy atom. The quantitative estimate of drug-likeness (QED) is 0.448. The van der Waals surface area contributed by atoms with Gasteiger partial charge in [0.25, 0.3) is 0 Å². The Balaban J connectivity index is 2.17. The van der Waals surface area contributed by atoms with Gasteiger partial charge in [-0.25, -0.2) is 0 Å². The predicted octanol–water partition coefficient (Wildman–Crippen LogP) is 4.07. The third-order valence-electron chi connectivity index (χ3n) is 7.30. The number of carbonyl (C=O) groups is 3. The number of hydrogen-bond acceptors (Lipinski definition) is 5. The van der Waals surface area contributed by atoms with Crippen LogP contribution in [0.25, 0.3) is 0 Å². The summed E-state index contributed by atoms with van der Waals surface area (Å²) in [6.45, 7) is 15.2. The van der Waals surface area contributed by atoms with Gasteiger partial charge in [-0.1, -0.05) is 40.2 Å². The van der Waals surface area contributed by atoms with E-state index in [1.807, 2.05) is 39.8 Å². The van der Waals surface area contributed by atoms with Gasteiger partial charge in [-0.3, -0.25) is 19.3 Å². The van der Waals surface area contributed by atoms with E-state index in [1.165, 1.54) is 0 Å². The summed E-state index contributed by atoms with van der Waals surface area (Å²) >= 11 is 0. The molecule has 8 nitrogen and oxygen atoms in total. The van der Waals surface area contributed by atoms with Gasteiger partial charge < -0.3 is 19.5 Å². The highest BCUT2D eigenvalue weighted by Gasteiger charge is 2.36. The number of nitrogens with zero attached hydrogens (tertiary/aromatic N) is 3. The van der Waals surface area contributed by atoms with Gasteiger partial charge in [0.1, 0.15) is 11.8 Å². The second kappa shape index (κ2) is 13.8. The average molecular weight is 517 g/mol. The van der Waals surface area contributed by atoms with Gasteiger partial charge in [0.15, 0.2) is 0 Å². The lowest BCUT2D eigenvalue weighted by Gasteiger charge is -2.39. The number of piperidine rings is 1. The zero-order chi connectivity index (χ0) is 27.9. The fraction of sp³-hybridized carbons (Fsp3) is 0.690. The molecule has 1 fully saturated rings. The molecule has 2 heterocycles. The molecule has 0 spiro atoms. The fourth-order valence-corrected chi connectivity index (χ4v) is 5.07. The van der Waals surface area contributed by atoms with Crippen LogP contribution in [0, 0.1) is 11.8 Å². The van der Waals surface area contributed by atoms with Crippen LogP contribution in [-0.2, 0) is 20.9 Å². The number of likely N-dealkylation sites (tertiary alicyclic amines) is 1. The molecule has 8 heteroatoms. The molecule has 0 bridgehead atoms. The van der Waals surface area contributed by atoms with Crippen LogP contribution in [0.2, 0.25) is 0 Å². The molecule has 2 rings (SSSR count). The SMILES string of the molecule is C/C(=C\[C@H](C(C)C)N(C)C(=O)[C@@H](NC(=O)C1CCCCN1C(C)C)C(C)C)C(=O)N(C)Cc1ccco1. The third-order valence-corrected chi connectivity index (χ3v) is 7.30. The second-order valence-electron chi connectivity index (χ2n) is 11.3. The molecule has 1 aliphatic heterocycles. The van der Waals surface area contributed by atoms with Crippen LogP contribution < -0.4 is 5.32 Å². The number of rotatable bonds is 11. The topological polar surface area (TPSA) is 86.1 Å². The summed E-state index contributed by atoms with van der Waals surface area (Å²) in [7, 11) is 3.49. The Morgan fingerprint density at radius 2 is 1.78 bits per heavy atom. The van der Waals surface area contributed by atoms with Crippen LogP contribution in [0.5, 0.6) is 0 Å². The summed E-state index contributed by atoms with van der Waals surface area (Å²) in [6, 6.07) is 2.76. The molecule has 0 saturated carbocycles. The molecule has 208 valence electrons. The molecule has 1 aromatic rings. The van der Waals surface area contributed by atoms with Crippen LogP contribution in [0.4, 0.5) is 0 Å². The third kappa shape index (κ3) is 8.19. The highest BCUT2D eigenvalue weighted by Crippen LogP contribution is 2.22. The minimum Gasteiger partial charge on any atom is -0.467 e. The first-order valence-corrected chi connectivity index (χ1v) is 13.6. The van der Waals surface area contributed by atoms with Gasteiger partial charge >= 0.3 is 0 Å². The smallest absolute Gasteiger partial charge is 0.249 e. The average Bonchev–Trinajstić information content (AvgIpc) is 3.36. The predicted molar refractivity (Wildman–Crippen MR) is 147 cm³/mol. The van der Waals surface area contributed by atoms with Gasteiger partial charge in [-0.05, 0) is 64.1 Å². The zero-order valence-electron chi connectivity index (χ0n) is 24.3. The molecule has 1 aliphatic rings. The summed E-state index contributed by atoms with van der Waals surface area (Å²) < 4.78 is 5.36. The Labute approximate surface area is 223 Å². The van der Waals surface area contributed by atoms with Crippen molar-refractivity contribution in [2.75, 3.05) is 20.6 Å². The van der Waals surface area contributed by atoms with E-state index in [2.05, 4.69) is 24.1 Å². The van der Waals surface area contributed by atoms with Crippen LogP contribution >= 0.6 is 0 Å². The van der Waals surface area contributed by atoms with Crippen molar-refractivity contribution >= 4 is 17.7 Å². The maximum absolute atomic E-state index is 13.7. The van der Waals surface area contributed by atoms with Gasteiger partial charge in [0, 0.05) is 25.7 Å². The summed E-state index contributed by atoms with van der Waals surface area (Å²) in [5.41, 5.74) is 0.562. The molecule has 0 aromatic carbocycles. The molecular formula is C29H48N4O4. The Hall–Kier alpha value is -2.61. The van der Waals surface area contributed by atoms with Crippen molar-refractivity contribution in [3.63, 3.8) is 0 Å². The Morgan fingerprint density at radius 3 is 2.32 bits per heavy atom. The van der Waals surface area contributed by atoms with E-state index in [0.717, 1.165) is 25.8 Å². The molecule has 1 N–H and O–H groups in total. The first kappa shape index (κ1) is 30.6. The van der Waals surface area contributed by atoms with E-state index in [4.69, 9.17) is 4.42 Å². The fourth-order valence-electron chi connectivity index (χ4n) is 5.07. The summed E-state index contributed by atoms with van der Waals surface area (Å²) in [4.78, 5) is 45.6. The number of hydrogen-bond donors (Lipinski definition) is 1. The molecule has 1 saturated heterocycles. The zero-order valence-corrected chi connectivity index (χ0v) is 24.3. The van der Waals surface area contributed by atoms with Crippen molar-refractivity contribution in [1.82, 2.24) is 20.0 Å². The minimum absolute atomic E-state index is 0.0728. The highest BCUT2D eigenvalue weighted by atomic mass is 16.3. The Bertz CT molecular complexity index is 922. The van der Waals surface area contributed by atoms with Crippen molar-refractivity contribution < 1.29 is 18.8 Å². The standard InChI is InChI=1S/C29H48N4O4/c1-19(2)25(17-22(7)28(35)31(8)18-23-13-12-16-37-23)32(9)29(36)26(20(3)4)30-27(34)24-14-10-11-15-33(24)21(5)6/h12-13,16-17,19-21,24-26H,10-11,14-15,18H2,1-9H3,(H,30,34)/b22-17+/t24?,25-,26+/m1/s1. The lowest BCUT2D eigenvalue weighted by molar-refractivity contribution is -0.140. The normalized spacial score (nSPS) is 18.7. The minimum atomic E-state index is -0.638. The number of likely N-dealkylation sites (N-methyl/N-ethyl adjacent to an activating group) is 2. The summed E-state index contributed by atoms with van der Waals surface area (Å²) in [5.74, 6) is 0.369. The van der Waals surface area contributed by atoms with E-state index in [9.17, 15) is 14.4 Å². The first-order valence-electron chi connectivity index (χ1n) is 13.6. The van der Waals surface area contributed by atoms with Gasteiger partial charge in [-0.15, -0.1) is 0 Å². The second-order valence-corrected chi connectivity index (χ2v) is 11.3. The lowest BCUT2D eigenvalue weighted by Crippen LogP contribution is -2.58. The van der Waals surface area contributed by atoms with E-state index in [0.29, 0.717) is 17.9 Å². The van der Waals surface area contributed by atoms with Crippen LogP contribution in [-0.4, -0.2) is 77.2 Å². The molecule has 0 radical (unpaired) electrons. The summed E-state index contributed by atoms with van der Waals surface area (Å²) in [5, 5.41) is 3.09. The van der Waals surface area contributed by atoms with Gasteiger partial charge in [0.2, 0.25) is 17.7 Å². The maximum atomic E-state index is 13.7. The summed E-state index contributed by atoms with van der Waals surface area (Å²) in [6.07, 6.45) is 6.37. The van der Waals surface area contributed by atoms with Crippen molar-refractivity contribution in [3.05, 3.63) is 35.8 Å². The largest absolute Gasteiger partial charge is 0.467 e. The molecule has 37 heavy (non-hydrogen) atoms. The number of amides is 3. The van der Waals surface area contributed by atoms with Crippen LogP contribution in [0.15, 0.2) is 34.5 Å². The number of carbonyl (C=O) groups excluding carboxylic acids is 3. The molecule has 0 aliphatic carbocycles. The van der Waals surface area contributed by atoms with E-state index >= 15 is 0 Å². The number of furan rings is 1. The van der Waals surface area contributed by atoms with E-state index in [-0.39, 0.29) is 47.7 Å². The number of nitrogens with one attached hydrogen (secondary N) is 1. The first-order chi connectivity index (χ1) is 17.3. The molecule has 3 atom stereocenters. The monoisotopic (exact) mass is 516 g/mol. The highest BCUT2D eigenvalue weighted by molar-refractivity contribution is 5.93. The molecule has 1 aromatic heterocycles. The maximum Gasteiger partial charge on any atom is 0.249 e. The van der Waals surface area contributed by atoms with Gasteiger partial charge in [-0.2, -0.15) is 0 Å². The lowest BCUT2D eigenvalue weighted by atomic mass is 9.95. The molecule has 3 amide bonds. The van der Waals surface area contributed by atoms with Crippen LogP contribution in [0.3, 0.4) is 0 Å². The van der Waals surface area contributed by atoms with Crippen molar-refractivity contribution in [1.29, 1.82) is 0 Å². The Kier molecular flexibility index (Phi) is 11.4. The molecular weight excluding hydrogens is 468 g/mol. The molecule has 1 unspecified atom stereocenters. The van der Waals surface area contributed by atoms with E-state index < -0.39 is 6.04 Å². The van der Waals surface area contributed by atoms with Crippen molar-refractivity contribution in [2.45, 2.75) is 98.4 Å².